The van der Waals surface area contributed by atoms with E-state index in [1.807, 2.05) is 30.3 Å². The molecule has 0 fully saturated rings. The van der Waals surface area contributed by atoms with Gasteiger partial charge in [0.1, 0.15) is 0 Å². The lowest BCUT2D eigenvalue weighted by Gasteiger charge is -2.19. The van der Waals surface area contributed by atoms with Gasteiger partial charge in [-0.2, -0.15) is 0 Å². The summed E-state index contributed by atoms with van der Waals surface area (Å²) in [7, 11) is 0. The predicted molar refractivity (Wildman–Crippen MR) is 53.1 cm³/mol. The van der Waals surface area contributed by atoms with Crippen LogP contribution in [-0.4, -0.2) is 10.5 Å². The second-order valence-corrected chi connectivity index (χ2v) is 2.89. The Kier molecular flexibility index (Phi) is 2.55. The van der Waals surface area contributed by atoms with Crippen LogP contribution in [0.3, 0.4) is 0 Å². The molecule has 2 rings (SSSR count). The molecule has 4 nitrogen and oxygen atoms in total. The molecule has 1 aromatic carbocycles. The Morgan fingerprint density at radius 2 is 2.14 bits per heavy atom. The first kappa shape index (κ1) is 8.90. The highest BCUT2D eigenvalue weighted by atomic mass is 35.5. The molecule has 0 atom stereocenters. The fourth-order valence-electron chi connectivity index (χ4n) is 0.912. The van der Waals surface area contributed by atoms with Gasteiger partial charge in [-0.05, 0) is 17.4 Å². The van der Waals surface area contributed by atoms with E-state index in [1.54, 1.807) is 0 Å². The van der Waals surface area contributed by atoms with E-state index in [0.717, 1.165) is 5.28 Å². The minimum Gasteiger partial charge on any atom is -0.343 e. The standard InChI is InChI=1S/C9H7ClN3O/c10-9-6-7-11-13(12-9)14-8-4-2-1-3-5-8/h1-6,11H. The highest BCUT2D eigenvalue weighted by Crippen LogP contribution is 2.10. The van der Waals surface area contributed by atoms with E-state index in [4.69, 9.17) is 16.4 Å². The molecule has 5 heteroatoms. The number of hydrazine groups is 1. The molecule has 1 aromatic rings. The van der Waals surface area contributed by atoms with Gasteiger partial charge in [-0.3, -0.25) is 0 Å². The molecule has 1 aliphatic rings. The van der Waals surface area contributed by atoms with Crippen LogP contribution in [0.15, 0.2) is 41.5 Å². The van der Waals surface area contributed by atoms with Gasteiger partial charge < -0.3 is 4.84 Å². The molecule has 1 aliphatic heterocycles. The Labute approximate surface area is 86.3 Å². The van der Waals surface area contributed by atoms with E-state index in [1.165, 1.54) is 6.08 Å². The molecule has 1 radical (unpaired) electrons. The maximum absolute atomic E-state index is 5.65. The molecule has 71 valence electrons. The van der Waals surface area contributed by atoms with Gasteiger partial charge in [0.05, 0.1) is 6.20 Å². The fourth-order valence-corrected chi connectivity index (χ4v) is 1.04. The number of benzene rings is 1. The van der Waals surface area contributed by atoms with E-state index in [-0.39, 0.29) is 0 Å². The number of nitrogens with one attached hydrogen (secondary N) is 1. The molecular weight excluding hydrogens is 202 g/mol. The molecule has 0 aromatic heterocycles. The summed E-state index contributed by atoms with van der Waals surface area (Å²) in [6.45, 7) is 0. The highest BCUT2D eigenvalue weighted by molar-refractivity contribution is 6.68. The Morgan fingerprint density at radius 1 is 1.36 bits per heavy atom. The van der Waals surface area contributed by atoms with Crippen molar-refractivity contribution in [2.45, 2.75) is 0 Å². The predicted octanol–water partition coefficient (Wildman–Crippen LogP) is 1.67. The first-order valence-corrected chi connectivity index (χ1v) is 4.34. The summed E-state index contributed by atoms with van der Waals surface area (Å²) in [4.78, 5) is 5.29. The van der Waals surface area contributed by atoms with Gasteiger partial charge >= 0.3 is 0 Å². The average Bonchev–Trinajstić information content (AvgIpc) is 2.19. The molecule has 0 saturated heterocycles. The lowest BCUT2D eigenvalue weighted by Crippen LogP contribution is -2.35. The van der Waals surface area contributed by atoms with Gasteiger partial charge in [0.2, 0.25) is 0 Å². The van der Waals surface area contributed by atoms with Crippen molar-refractivity contribution in [3.63, 3.8) is 0 Å². The summed E-state index contributed by atoms with van der Waals surface area (Å²) in [5.41, 5.74) is 2.63. The van der Waals surface area contributed by atoms with Crippen molar-refractivity contribution < 1.29 is 4.84 Å². The SMILES string of the molecule is ClC1=NN(Oc2ccccc2)N[C]=C1. The summed E-state index contributed by atoms with van der Waals surface area (Å²) >= 11 is 5.65. The molecule has 0 bridgehead atoms. The van der Waals surface area contributed by atoms with Crippen molar-refractivity contribution in [2.75, 3.05) is 0 Å². The number of hydrazone groups is 1. The quantitative estimate of drug-likeness (QED) is 0.804. The van der Waals surface area contributed by atoms with Crippen LogP contribution in [-0.2, 0) is 0 Å². The van der Waals surface area contributed by atoms with Gasteiger partial charge in [-0.25, -0.2) is 5.43 Å². The largest absolute Gasteiger partial charge is 0.343 e. The first-order valence-electron chi connectivity index (χ1n) is 3.96. The van der Waals surface area contributed by atoms with E-state index in [2.05, 4.69) is 16.7 Å². The molecule has 0 amide bonds. The molecular formula is C9H7ClN3O. The van der Waals surface area contributed by atoms with Gasteiger partial charge in [0, 0.05) is 6.08 Å². The monoisotopic (exact) mass is 208 g/mol. The van der Waals surface area contributed by atoms with Crippen molar-refractivity contribution >= 4 is 16.8 Å². The number of para-hydroxylation sites is 1. The van der Waals surface area contributed by atoms with Gasteiger partial charge in [0.25, 0.3) is 0 Å². The third-order valence-corrected chi connectivity index (χ3v) is 1.66. The van der Waals surface area contributed by atoms with Crippen LogP contribution in [0.5, 0.6) is 5.75 Å². The van der Waals surface area contributed by atoms with E-state index >= 15 is 0 Å². The summed E-state index contributed by atoms with van der Waals surface area (Å²) in [6.07, 6.45) is 4.17. The zero-order valence-electron chi connectivity index (χ0n) is 7.14. The first-order chi connectivity index (χ1) is 6.84. The number of halogens is 1. The van der Waals surface area contributed by atoms with E-state index < -0.39 is 0 Å². The van der Waals surface area contributed by atoms with Gasteiger partial charge in [0.15, 0.2) is 10.9 Å². The number of hydrogen-bond acceptors (Lipinski definition) is 4. The Hall–Kier alpha value is -1.68. The van der Waals surface area contributed by atoms with Crippen LogP contribution >= 0.6 is 11.6 Å². The zero-order valence-corrected chi connectivity index (χ0v) is 7.90. The van der Waals surface area contributed by atoms with Crippen LogP contribution in [0.4, 0.5) is 0 Å². The second-order valence-electron chi connectivity index (χ2n) is 2.50. The van der Waals surface area contributed by atoms with Crippen LogP contribution in [0.25, 0.3) is 0 Å². The lowest BCUT2D eigenvalue weighted by atomic mass is 10.3. The third kappa shape index (κ3) is 2.17. The summed E-state index contributed by atoms with van der Waals surface area (Å²) in [6, 6.07) is 9.25. The maximum atomic E-state index is 5.65. The number of hydrogen-bond donors (Lipinski definition) is 1. The highest BCUT2D eigenvalue weighted by Gasteiger charge is 2.06. The van der Waals surface area contributed by atoms with Crippen molar-refractivity contribution in [2.24, 2.45) is 5.10 Å². The van der Waals surface area contributed by atoms with Crippen molar-refractivity contribution in [3.8, 4) is 5.75 Å². The van der Waals surface area contributed by atoms with E-state index in [9.17, 15) is 0 Å². The van der Waals surface area contributed by atoms with Crippen LogP contribution in [0, 0.1) is 6.20 Å². The minimum absolute atomic E-state index is 0.305. The summed E-state index contributed by atoms with van der Waals surface area (Å²) in [5.74, 6) is 0.664. The molecule has 0 spiro atoms. The Balaban J connectivity index is 2.03. The Morgan fingerprint density at radius 3 is 2.86 bits per heavy atom. The van der Waals surface area contributed by atoms with Crippen LogP contribution in [0.1, 0.15) is 0 Å². The fraction of sp³-hybridized carbons (Fsp3) is 0. The third-order valence-electron chi connectivity index (χ3n) is 1.47. The molecule has 1 heterocycles. The molecule has 0 saturated carbocycles. The molecule has 1 N–H and O–H groups in total. The van der Waals surface area contributed by atoms with Crippen molar-refractivity contribution in [1.29, 1.82) is 0 Å². The second kappa shape index (κ2) is 4.02. The van der Waals surface area contributed by atoms with Crippen LogP contribution in [0.2, 0.25) is 0 Å². The zero-order chi connectivity index (χ0) is 9.80. The molecule has 14 heavy (non-hydrogen) atoms. The number of allylic oxidation sites excluding steroid dienone is 1. The minimum atomic E-state index is 0.305. The smallest absolute Gasteiger partial charge is 0.159 e. The van der Waals surface area contributed by atoms with Crippen molar-refractivity contribution in [3.05, 3.63) is 42.6 Å². The normalized spacial score (nSPS) is 14.6. The molecule has 0 aliphatic carbocycles. The summed E-state index contributed by atoms with van der Waals surface area (Å²) < 4.78 is 0. The number of rotatable bonds is 2. The van der Waals surface area contributed by atoms with E-state index in [0.29, 0.717) is 10.9 Å². The topological polar surface area (TPSA) is 36.9 Å². The maximum Gasteiger partial charge on any atom is 0.159 e. The number of nitrogens with zero attached hydrogens (tertiary/aromatic N) is 2. The Bertz CT molecular complexity index is 364. The molecule has 0 unspecified atom stereocenters. The summed E-state index contributed by atoms with van der Waals surface area (Å²) in [5, 5.41) is 5.28. The lowest BCUT2D eigenvalue weighted by molar-refractivity contribution is -0.0946. The van der Waals surface area contributed by atoms with Gasteiger partial charge in [-0.15, -0.1) is 5.10 Å². The van der Waals surface area contributed by atoms with Crippen LogP contribution < -0.4 is 10.3 Å². The van der Waals surface area contributed by atoms with Gasteiger partial charge in [-0.1, -0.05) is 29.8 Å². The average molecular weight is 209 g/mol. The van der Waals surface area contributed by atoms with Crippen molar-refractivity contribution in [1.82, 2.24) is 10.7 Å².